The van der Waals surface area contributed by atoms with E-state index in [1.165, 1.54) is 11.1 Å². The Bertz CT molecular complexity index is 1280. The Morgan fingerprint density at radius 3 is 2.92 bits per heavy atom. The average Bonchev–Trinajstić information content (AvgIpc) is 3.68. The number of urea groups is 1. The molecule has 0 radical (unpaired) electrons. The van der Waals surface area contributed by atoms with E-state index in [9.17, 15) is 19.6 Å². The first-order valence-corrected chi connectivity index (χ1v) is 12.6. The van der Waals surface area contributed by atoms with Crippen LogP contribution in [0.4, 0.5) is 22.1 Å². The molecule has 0 unspecified atom stereocenters. The number of nitrogens with zero attached hydrogens (tertiary/aromatic N) is 5. The van der Waals surface area contributed by atoms with Crippen LogP contribution in [0.15, 0.2) is 18.3 Å². The summed E-state index contributed by atoms with van der Waals surface area (Å²) in [6, 6.07) is 5.21. The van der Waals surface area contributed by atoms with Crippen molar-refractivity contribution in [2.75, 3.05) is 41.8 Å². The number of nitrogens with one attached hydrogen (secondary N) is 2. The van der Waals surface area contributed by atoms with Gasteiger partial charge in [-0.15, -0.1) is 0 Å². The highest BCUT2D eigenvalue weighted by atomic mass is 16.5. The van der Waals surface area contributed by atoms with Crippen LogP contribution < -0.4 is 15.5 Å². The Balaban J connectivity index is 1.38. The number of amides is 3. The molecule has 3 aliphatic rings. The molecule has 3 amide bonds. The zero-order chi connectivity index (χ0) is 26.0. The van der Waals surface area contributed by atoms with Crippen LogP contribution in [0.5, 0.6) is 0 Å². The summed E-state index contributed by atoms with van der Waals surface area (Å²) in [4.78, 5) is 49.9. The van der Waals surface area contributed by atoms with E-state index in [1.807, 2.05) is 17.9 Å². The van der Waals surface area contributed by atoms with Gasteiger partial charge in [-0.3, -0.25) is 19.8 Å². The highest BCUT2D eigenvalue weighted by Gasteiger charge is 2.52. The summed E-state index contributed by atoms with van der Waals surface area (Å²) in [6.45, 7) is 4.00. The van der Waals surface area contributed by atoms with Crippen molar-refractivity contribution in [3.63, 3.8) is 0 Å². The predicted molar refractivity (Wildman–Crippen MR) is 135 cm³/mol. The number of carbonyl (C=O) groups is 3. The minimum absolute atomic E-state index is 0.0452. The lowest BCUT2D eigenvalue weighted by atomic mass is 10.0. The summed E-state index contributed by atoms with van der Waals surface area (Å²) in [5.41, 5.74) is 2.48. The first-order valence-electron chi connectivity index (χ1n) is 12.6. The molecule has 2 fully saturated rings. The summed E-state index contributed by atoms with van der Waals surface area (Å²) in [7, 11) is 0. The number of aromatic nitrogens is 2. The molecule has 2 aromatic heterocycles. The maximum Gasteiger partial charge on any atom is 0.328 e. The van der Waals surface area contributed by atoms with Crippen molar-refractivity contribution < 1.29 is 19.1 Å². The molecule has 2 aliphatic heterocycles. The molecule has 1 saturated carbocycles. The summed E-state index contributed by atoms with van der Waals surface area (Å²) in [5.74, 6) is 0.659. The minimum Gasteiger partial charge on any atom is -0.384 e. The highest BCUT2D eigenvalue weighted by Crippen LogP contribution is 2.45. The number of carbonyl (C=O) groups excluding carboxylic acids is 3. The molecule has 4 heterocycles. The van der Waals surface area contributed by atoms with Gasteiger partial charge in [0.15, 0.2) is 6.29 Å². The molecule has 0 bridgehead atoms. The maximum absolute atomic E-state index is 13.2. The molecular formula is C26H29N7O4. The highest BCUT2D eigenvalue weighted by molar-refractivity contribution is 6.02. The topological polar surface area (TPSA) is 141 Å². The third-order valence-corrected chi connectivity index (χ3v) is 7.08. The van der Waals surface area contributed by atoms with Crippen LogP contribution in [-0.2, 0) is 22.5 Å². The average molecular weight is 504 g/mol. The number of aryl methyl sites for hydroxylation is 1. The van der Waals surface area contributed by atoms with Crippen molar-refractivity contribution in [2.45, 2.75) is 51.1 Å². The summed E-state index contributed by atoms with van der Waals surface area (Å²) < 4.78 is 5.45. The zero-order valence-corrected chi connectivity index (χ0v) is 20.7. The van der Waals surface area contributed by atoms with Gasteiger partial charge in [-0.1, -0.05) is 6.92 Å². The van der Waals surface area contributed by atoms with Crippen LogP contribution in [0.1, 0.15) is 59.8 Å². The third-order valence-electron chi connectivity index (χ3n) is 7.08. The maximum atomic E-state index is 13.2. The summed E-state index contributed by atoms with van der Waals surface area (Å²) >= 11 is 0. The quantitative estimate of drug-likeness (QED) is 0.550. The fourth-order valence-corrected chi connectivity index (χ4v) is 4.91. The van der Waals surface area contributed by atoms with Crippen molar-refractivity contribution in [1.82, 2.24) is 14.9 Å². The van der Waals surface area contributed by atoms with E-state index < -0.39 is 6.03 Å². The van der Waals surface area contributed by atoms with Crippen LogP contribution >= 0.6 is 0 Å². The number of hydrogen-bond donors (Lipinski definition) is 2. The molecule has 11 nitrogen and oxygen atoms in total. The van der Waals surface area contributed by atoms with Gasteiger partial charge in [0.25, 0.3) is 0 Å². The van der Waals surface area contributed by atoms with E-state index in [0.29, 0.717) is 67.4 Å². The number of hydrogen-bond acceptors (Lipinski definition) is 8. The van der Waals surface area contributed by atoms with Crippen LogP contribution in [-0.4, -0.2) is 64.9 Å². The Morgan fingerprint density at radius 1 is 1.35 bits per heavy atom. The van der Waals surface area contributed by atoms with E-state index in [4.69, 9.17) is 4.74 Å². The Kier molecular flexibility index (Phi) is 6.76. The van der Waals surface area contributed by atoms with E-state index in [1.54, 1.807) is 6.07 Å². The van der Waals surface area contributed by atoms with Gasteiger partial charge >= 0.3 is 6.03 Å². The number of aldehydes is 1. The fourth-order valence-electron chi connectivity index (χ4n) is 4.91. The van der Waals surface area contributed by atoms with Gasteiger partial charge in [-0.25, -0.2) is 14.8 Å². The Morgan fingerprint density at radius 2 is 2.19 bits per heavy atom. The molecule has 0 aromatic carbocycles. The normalized spacial score (nSPS) is 17.7. The molecule has 1 aliphatic carbocycles. The second-order valence-electron chi connectivity index (χ2n) is 9.67. The van der Waals surface area contributed by atoms with Crippen molar-refractivity contribution in [2.24, 2.45) is 0 Å². The van der Waals surface area contributed by atoms with E-state index in [2.05, 4.69) is 26.7 Å². The van der Waals surface area contributed by atoms with Gasteiger partial charge in [0.05, 0.1) is 23.4 Å². The largest absolute Gasteiger partial charge is 0.384 e. The number of rotatable bonds is 7. The third kappa shape index (κ3) is 4.84. The lowest BCUT2D eigenvalue weighted by molar-refractivity contribution is -0.151. The van der Waals surface area contributed by atoms with Gasteiger partial charge in [0.2, 0.25) is 5.91 Å². The first kappa shape index (κ1) is 24.6. The van der Waals surface area contributed by atoms with Crippen LogP contribution in [0, 0.1) is 11.3 Å². The van der Waals surface area contributed by atoms with E-state index >= 15 is 0 Å². The molecule has 11 heteroatoms. The van der Waals surface area contributed by atoms with E-state index in [0.717, 1.165) is 31.2 Å². The Hall–Kier alpha value is -4.04. The smallest absolute Gasteiger partial charge is 0.328 e. The molecule has 2 N–H and O–H groups in total. The summed E-state index contributed by atoms with van der Waals surface area (Å²) in [6.07, 6.45) is 6.20. The van der Waals surface area contributed by atoms with Gasteiger partial charge < -0.3 is 15.0 Å². The summed E-state index contributed by atoms with van der Waals surface area (Å²) in [5, 5.41) is 15.3. The Labute approximate surface area is 214 Å². The molecular weight excluding hydrogens is 474 g/mol. The number of pyridine rings is 2. The lowest BCUT2D eigenvalue weighted by Gasteiger charge is -2.36. The molecule has 0 atom stereocenters. The first-order chi connectivity index (χ1) is 18.0. The monoisotopic (exact) mass is 503 g/mol. The molecule has 1 spiro atoms. The van der Waals surface area contributed by atoms with Crippen LogP contribution in [0.3, 0.4) is 0 Å². The standard InChI is InChI=1S/C26H29N7O4/c1-2-7-28-20-10-22(29-12-19(20)11-27)31-25(36)32-8-3-4-17-9-18(21(14-34)30-24(17)32)13-33-23(35)15-37-16-26(33)5-6-26/h9-10,12,14H,2-8,13,15-16H2,1H3,(H2,28,29,31,36). The molecule has 1 saturated heterocycles. The van der Waals surface area contributed by atoms with Crippen LogP contribution in [0.25, 0.3) is 0 Å². The number of anilines is 3. The van der Waals surface area contributed by atoms with E-state index in [-0.39, 0.29) is 23.7 Å². The van der Waals surface area contributed by atoms with Crippen molar-refractivity contribution in [3.05, 3.63) is 40.7 Å². The van der Waals surface area contributed by atoms with Gasteiger partial charge in [0, 0.05) is 37.5 Å². The molecule has 2 aromatic rings. The molecule has 192 valence electrons. The lowest BCUT2D eigenvalue weighted by Crippen LogP contribution is -2.50. The van der Waals surface area contributed by atoms with Gasteiger partial charge in [-0.2, -0.15) is 5.26 Å². The second-order valence-corrected chi connectivity index (χ2v) is 9.67. The SMILES string of the molecule is CCCNc1cc(NC(=O)N2CCCc3cc(CN4C(=O)COCC45CC5)c(C=O)nc32)ncc1C#N. The number of fused-ring (bicyclic) bond motifs is 1. The second kappa shape index (κ2) is 10.1. The fraction of sp³-hybridized carbons (Fsp3) is 0.462. The number of morpholine rings is 1. The van der Waals surface area contributed by atoms with Crippen molar-refractivity contribution in [1.29, 1.82) is 5.26 Å². The molecule has 37 heavy (non-hydrogen) atoms. The predicted octanol–water partition coefficient (Wildman–Crippen LogP) is 2.86. The van der Waals surface area contributed by atoms with Gasteiger partial charge in [-0.05, 0) is 43.7 Å². The number of nitriles is 1. The van der Waals surface area contributed by atoms with Gasteiger partial charge in [0.1, 0.15) is 30.0 Å². The number of ether oxygens (including phenoxy) is 1. The minimum atomic E-state index is -0.419. The van der Waals surface area contributed by atoms with Crippen molar-refractivity contribution >= 4 is 35.5 Å². The molecule has 5 rings (SSSR count). The zero-order valence-electron chi connectivity index (χ0n) is 20.7. The van der Waals surface area contributed by atoms with Crippen LogP contribution in [0.2, 0.25) is 0 Å². The van der Waals surface area contributed by atoms with Crippen molar-refractivity contribution in [3.8, 4) is 6.07 Å².